The fourth-order valence-electron chi connectivity index (χ4n) is 3.29. The normalized spacial score (nSPS) is 18.1. The van der Waals surface area contributed by atoms with E-state index in [-0.39, 0.29) is 22.5 Å². The number of halogens is 3. The number of carbonyl (C=O) groups is 1. The van der Waals surface area contributed by atoms with Gasteiger partial charge in [0.2, 0.25) is 10.2 Å². The van der Waals surface area contributed by atoms with Crippen LogP contribution in [0.4, 0.5) is 13.2 Å². The molecule has 6 nitrogen and oxygen atoms in total. The zero-order chi connectivity index (χ0) is 21.8. The van der Waals surface area contributed by atoms with Crippen LogP contribution >= 0.6 is 11.8 Å². The van der Waals surface area contributed by atoms with Gasteiger partial charge in [-0.05, 0) is 62.4 Å². The molecule has 1 aromatic carbocycles. The highest BCUT2D eigenvalue weighted by molar-refractivity contribution is 8.27. The van der Waals surface area contributed by atoms with Crippen LogP contribution in [0.25, 0.3) is 11.8 Å². The van der Waals surface area contributed by atoms with Crippen molar-refractivity contribution in [2.75, 3.05) is 0 Å². The zero-order valence-corrected chi connectivity index (χ0v) is 17.0. The molecule has 30 heavy (non-hydrogen) atoms. The largest absolute Gasteiger partial charge is 0.441 e. The van der Waals surface area contributed by atoms with Crippen molar-refractivity contribution in [3.63, 3.8) is 0 Å². The number of hydrazone groups is 1. The highest BCUT2D eigenvalue weighted by Gasteiger charge is 2.46. The number of aliphatic imine (C=N–C) groups is 1. The van der Waals surface area contributed by atoms with Crippen LogP contribution in [0.1, 0.15) is 22.5 Å². The third-order valence-electron chi connectivity index (χ3n) is 4.76. The maximum Gasteiger partial charge on any atom is 0.441 e. The summed E-state index contributed by atoms with van der Waals surface area (Å²) in [5, 5.41) is 11.0. The maximum atomic E-state index is 12.9. The first kappa shape index (κ1) is 20.1. The molecule has 2 aliphatic heterocycles. The standard InChI is InChI=1S/C20H16F3N5OS/c1-10-4-6-14(7-5-10)27-11(2)8-13(12(27)3)9-15-16(24)28-19(25-17(15)29)30-18(26-28)20(21,22)23/h4-9,24H,1-3H3/b15-9-,24-16?. The summed E-state index contributed by atoms with van der Waals surface area (Å²) in [5.74, 6) is -1.20. The first-order valence-electron chi connectivity index (χ1n) is 8.89. The fourth-order valence-corrected chi connectivity index (χ4v) is 4.05. The molecule has 0 fully saturated rings. The highest BCUT2D eigenvalue weighted by atomic mass is 32.2. The Morgan fingerprint density at radius 2 is 1.80 bits per heavy atom. The fraction of sp³-hybridized carbons (Fsp3) is 0.200. The summed E-state index contributed by atoms with van der Waals surface area (Å²) in [5.41, 5.74) is 4.37. The van der Waals surface area contributed by atoms with Crippen molar-refractivity contribution in [2.24, 2.45) is 10.1 Å². The van der Waals surface area contributed by atoms with Gasteiger partial charge in [0.15, 0.2) is 5.84 Å². The average molecular weight is 431 g/mol. The molecule has 0 bridgehead atoms. The van der Waals surface area contributed by atoms with Crippen molar-refractivity contribution in [3.05, 3.63) is 58.4 Å². The predicted molar refractivity (Wildman–Crippen MR) is 111 cm³/mol. The Kier molecular flexibility index (Phi) is 4.69. The lowest BCUT2D eigenvalue weighted by atomic mass is 10.1. The summed E-state index contributed by atoms with van der Waals surface area (Å²) in [6.45, 7) is 5.78. The topological polar surface area (TPSA) is 73.8 Å². The number of nitrogens with zero attached hydrogens (tertiary/aromatic N) is 4. The van der Waals surface area contributed by atoms with E-state index < -0.39 is 23.0 Å². The summed E-state index contributed by atoms with van der Waals surface area (Å²) in [7, 11) is 0. The van der Waals surface area contributed by atoms with Gasteiger partial charge < -0.3 is 4.57 Å². The molecule has 1 amide bonds. The van der Waals surface area contributed by atoms with E-state index in [4.69, 9.17) is 5.41 Å². The van der Waals surface area contributed by atoms with Crippen LogP contribution in [0.15, 0.2) is 46.0 Å². The van der Waals surface area contributed by atoms with E-state index in [1.165, 1.54) is 6.08 Å². The average Bonchev–Trinajstić information content (AvgIpc) is 3.21. The number of fused-ring (bicyclic) bond motifs is 1. The molecule has 2 aliphatic rings. The second kappa shape index (κ2) is 6.98. The van der Waals surface area contributed by atoms with E-state index in [1.807, 2.05) is 55.7 Å². The minimum absolute atomic E-state index is 0.115. The van der Waals surface area contributed by atoms with Crippen LogP contribution in [-0.2, 0) is 4.79 Å². The molecular formula is C20H16F3N5OS. The Morgan fingerprint density at radius 1 is 1.13 bits per heavy atom. The predicted octanol–water partition coefficient (Wildman–Crippen LogP) is 4.58. The summed E-state index contributed by atoms with van der Waals surface area (Å²) in [6, 6.07) is 9.79. The summed E-state index contributed by atoms with van der Waals surface area (Å²) in [6.07, 6.45) is -3.19. The molecule has 0 saturated carbocycles. The van der Waals surface area contributed by atoms with Crippen LogP contribution in [0, 0.1) is 26.2 Å². The molecule has 154 valence electrons. The van der Waals surface area contributed by atoms with E-state index >= 15 is 0 Å². The van der Waals surface area contributed by atoms with Crippen LogP contribution < -0.4 is 0 Å². The minimum atomic E-state index is -4.67. The Labute approximate surface area is 174 Å². The number of thioether (sulfide) groups is 1. The highest BCUT2D eigenvalue weighted by Crippen LogP contribution is 2.35. The number of hydrogen-bond donors (Lipinski definition) is 1. The number of hydrogen-bond acceptors (Lipinski definition) is 4. The van der Waals surface area contributed by atoms with Gasteiger partial charge in [-0.1, -0.05) is 17.7 Å². The van der Waals surface area contributed by atoms with Crippen molar-refractivity contribution >= 4 is 39.8 Å². The van der Waals surface area contributed by atoms with Crippen LogP contribution in [0.2, 0.25) is 0 Å². The molecule has 3 heterocycles. The molecule has 1 N–H and O–H groups in total. The molecule has 1 aromatic heterocycles. The summed E-state index contributed by atoms with van der Waals surface area (Å²) < 4.78 is 40.8. The van der Waals surface area contributed by atoms with E-state index in [2.05, 4.69) is 10.1 Å². The SMILES string of the molecule is Cc1ccc(-n2c(C)cc(/C=C3/C(=N)N4N=C(C(F)(F)F)SC4=NC3=O)c2C)cc1. The molecule has 0 spiro atoms. The lowest BCUT2D eigenvalue weighted by Crippen LogP contribution is -2.35. The number of carbonyl (C=O) groups excluding carboxylic acids is 1. The van der Waals surface area contributed by atoms with E-state index in [0.717, 1.165) is 27.6 Å². The van der Waals surface area contributed by atoms with Crippen LogP contribution in [-0.4, -0.2) is 37.7 Å². The van der Waals surface area contributed by atoms with Gasteiger partial charge >= 0.3 is 6.18 Å². The first-order chi connectivity index (χ1) is 14.1. The minimum Gasteiger partial charge on any atom is -0.318 e. The summed E-state index contributed by atoms with van der Waals surface area (Å²) >= 11 is 0.233. The van der Waals surface area contributed by atoms with Crippen molar-refractivity contribution in [1.29, 1.82) is 5.41 Å². The number of aromatic nitrogens is 1. The van der Waals surface area contributed by atoms with Gasteiger partial charge in [-0.15, -0.1) is 0 Å². The molecule has 2 aromatic rings. The molecule has 0 atom stereocenters. The number of nitrogens with one attached hydrogen (secondary N) is 1. The van der Waals surface area contributed by atoms with Gasteiger partial charge in [0.25, 0.3) is 5.91 Å². The second-order valence-electron chi connectivity index (χ2n) is 6.92. The Hall–Kier alpha value is -3.14. The van der Waals surface area contributed by atoms with Crippen LogP contribution in [0.5, 0.6) is 0 Å². The van der Waals surface area contributed by atoms with Crippen molar-refractivity contribution in [2.45, 2.75) is 26.9 Å². The van der Waals surface area contributed by atoms with Crippen molar-refractivity contribution in [3.8, 4) is 5.69 Å². The third kappa shape index (κ3) is 3.36. The van der Waals surface area contributed by atoms with Gasteiger partial charge in [0, 0.05) is 17.1 Å². The lowest BCUT2D eigenvalue weighted by Gasteiger charge is -2.20. The molecule has 0 aliphatic carbocycles. The molecule has 10 heteroatoms. The Morgan fingerprint density at radius 3 is 2.43 bits per heavy atom. The molecule has 0 saturated heterocycles. The zero-order valence-electron chi connectivity index (χ0n) is 16.2. The molecule has 4 rings (SSSR count). The van der Waals surface area contributed by atoms with Gasteiger partial charge in [-0.2, -0.15) is 28.3 Å². The number of amidine groups is 2. The summed E-state index contributed by atoms with van der Waals surface area (Å²) in [4.78, 5) is 16.1. The van der Waals surface area contributed by atoms with Gasteiger partial charge in [-0.25, -0.2) is 0 Å². The Bertz CT molecular complexity index is 1170. The Balaban J connectivity index is 1.74. The maximum absolute atomic E-state index is 12.9. The second-order valence-corrected chi connectivity index (χ2v) is 7.88. The number of benzene rings is 1. The number of amides is 1. The number of alkyl halides is 3. The van der Waals surface area contributed by atoms with Gasteiger partial charge in [0.1, 0.15) is 0 Å². The molecule has 0 unspecified atom stereocenters. The van der Waals surface area contributed by atoms with Crippen molar-refractivity contribution < 1.29 is 18.0 Å². The van der Waals surface area contributed by atoms with Gasteiger partial charge in [-0.3, -0.25) is 10.2 Å². The lowest BCUT2D eigenvalue weighted by molar-refractivity contribution is -0.114. The molecule has 0 radical (unpaired) electrons. The quantitative estimate of drug-likeness (QED) is 0.707. The third-order valence-corrected chi connectivity index (χ3v) is 5.71. The van der Waals surface area contributed by atoms with E-state index in [0.29, 0.717) is 5.56 Å². The monoisotopic (exact) mass is 431 g/mol. The number of rotatable bonds is 2. The van der Waals surface area contributed by atoms with Crippen LogP contribution in [0.3, 0.4) is 0 Å². The first-order valence-corrected chi connectivity index (χ1v) is 9.71. The molecular weight excluding hydrogens is 415 g/mol. The van der Waals surface area contributed by atoms with E-state index in [1.54, 1.807) is 0 Å². The smallest absolute Gasteiger partial charge is 0.318 e. The van der Waals surface area contributed by atoms with Crippen molar-refractivity contribution in [1.82, 2.24) is 9.58 Å². The number of aryl methyl sites for hydroxylation is 2. The van der Waals surface area contributed by atoms with E-state index in [9.17, 15) is 18.0 Å². The van der Waals surface area contributed by atoms with Gasteiger partial charge in [0.05, 0.1) is 5.57 Å².